The van der Waals surface area contributed by atoms with Gasteiger partial charge in [-0.05, 0) is 69.2 Å². The summed E-state index contributed by atoms with van der Waals surface area (Å²) in [5, 5.41) is 2.84. The predicted molar refractivity (Wildman–Crippen MR) is 110 cm³/mol. The monoisotopic (exact) mass is 416 g/mol. The third-order valence-corrected chi connectivity index (χ3v) is 4.99. The van der Waals surface area contributed by atoms with Crippen LogP contribution in [0.2, 0.25) is 0 Å². The summed E-state index contributed by atoms with van der Waals surface area (Å²) in [7, 11) is 0. The second-order valence-electron chi connectivity index (χ2n) is 7.85. The van der Waals surface area contributed by atoms with Crippen molar-refractivity contribution in [1.29, 1.82) is 0 Å². The van der Waals surface area contributed by atoms with Gasteiger partial charge in [-0.15, -0.1) is 0 Å². The number of halogens is 2. The van der Waals surface area contributed by atoms with Crippen molar-refractivity contribution in [3.05, 3.63) is 65.2 Å². The van der Waals surface area contributed by atoms with E-state index < -0.39 is 11.6 Å². The molecule has 0 aliphatic carbocycles. The lowest BCUT2D eigenvalue weighted by atomic mass is 9.98. The van der Waals surface area contributed by atoms with Gasteiger partial charge in [0.2, 0.25) is 0 Å². The zero-order valence-corrected chi connectivity index (χ0v) is 17.2. The maximum absolute atomic E-state index is 13.4. The molecule has 2 aromatic rings. The smallest absolute Gasteiger partial charge is 0.253 e. The lowest BCUT2D eigenvalue weighted by Crippen LogP contribution is -2.41. The van der Waals surface area contributed by atoms with E-state index in [0.717, 1.165) is 25.0 Å². The van der Waals surface area contributed by atoms with Crippen molar-refractivity contribution in [2.24, 2.45) is 5.92 Å². The van der Waals surface area contributed by atoms with E-state index in [1.165, 1.54) is 6.07 Å². The third-order valence-electron chi connectivity index (χ3n) is 4.99. The number of hydrogen-bond acceptors (Lipinski definition) is 3. The third kappa shape index (κ3) is 5.55. The molecule has 0 bridgehead atoms. The van der Waals surface area contributed by atoms with Gasteiger partial charge in [-0.2, -0.15) is 0 Å². The van der Waals surface area contributed by atoms with E-state index in [9.17, 15) is 18.4 Å². The largest absolute Gasteiger partial charge is 0.493 e. The maximum Gasteiger partial charge on any atom is 0.253 e. The van der Waals surface area contributed by atoms with Gasteiger partial charge in [-0.3, -0.25) is 9.59 Å². The molecule has 0 saturated carbocycles. The standard InChI is InChI=1S/C23H26F2N2O3/c1-15(2)26-22(28)17-5-8-19(9-6-17)30-14-16-4-3-11-27(13-16)23(29)18-7-10-20(24)21(25)12-18/h5-10,12,15-16H,3-4,11,13-14H2,1-2H3,(H,26,28). The molecule has 1 N–H and O–H groups in total. The van der Waals surface area contributed by atoms with Gasteiger partial charge in [0.15, 0.2) is 11.6 Å². The minimum Gasteiger partial charge on any atom is -0.493 e. The predicted octanol–water partition coefficient (Wildman–Crippen LogP) is 4.03. The number of carbonyl (C=O) groups is 2. The Hall–Kier alpha value is -2.96. The topological polar surface area (TPSA) is 58.6 Å². The highest BCUT2D eigenvalue weighted by molar-refractivity contribution is 5.94. The van der Waals surface area contributed by atoms with E-state index in [2.05, 4.69) is 5.32 Å². The Morgan fingerprint density at radius 3 is 2.47 bits per heavy atom. The van der Waals surface area contributed by atoms with Crippen LogP contribution in [0.25, 0.3) is 0 Å². The number of nitrogens with zero attached hydrogens (tertiary/aromatic N) is 1. The summed E-state index contributed by atoms with van der Waals surface area (Å²) >= 11 is 0. The van der Waals surface area contributed by atoms with Crippen molar-refractivity contribution in [3.63, 3.8) is 0 Å². The van der Waals surface area contributed by atoms with Gasteiger partial charge in [0.05, 0.1) is 6.61 Å². The average Bonchev–Trinajstić information content (AvgIpc) is 2.74. The first kappa shape index (κ1) is 21.7. The number of carbonyl (C=O) groups excluding carboxylic acids is 2. The number of rotatable bonds is 6. The molecule has 2 aromatic carbocycles. The second-order valence-corrected chi connectivity index (χ2v) is 7.85. The van der Waals surface area contributed by atoms with Gasteiger partial charge < -0.3 is 15.0 Å². The fourth-order valence-electron chi connectivity index (χ4n) is 3.46. The zero-order chi connectivity index (χ0) is 21.7. The fourth-order valence-corrected chi connectivity index (χ4v) is 3.46. The minimum absolute atomic E-state index is 0.0665. The highest BCUT2D eigenvalue weighted by Crippen LogP contribution is 2.21. The van der Waals surface area contributed by atoms with Crippen LogP contribution in [0.4, 0.5) is 8.78 Å². The lowest BCUT2D eigenvalue weighted by Gasteiger charge is -2.32. The molecule has 1 aliphatic heterocycles. The van der Waals surface area contributed by atoms with Gasteiger partial charge >= 0.3 is 0 Å². The molecule has 1 heterocycles. The molecule has 0 spiro atoms. The highest BCUT2D eigenvalue weighted by Gasteiger charge is 2.25. The molecule has 0 aromatic heterocycles. The van der Waals surface area contributed by atoms with Crippen LogP contribution in [-0.4, -0.2) is 42.5 Å². The number of benzene rings is 2. The van der Waals surface area contributed by atoms with Crippen molar-refractivity contribution >= 4 is 11.8 Å². The van der Waals surface area contributed by atoms with Gasteiger partial charge in [0.25, 0.3) is 11.8 Å². The summed E-state index contributed by atoms with van der Waals surface area (Å²) < 4.78 is 32.4. The van der Waals surface area contributed by atoms with Crippen molar-refractivity contribution in [3.8, 4) is 5.75 Å². The molecule has 7 heteroatoms. The number of ether oxygens (including phenoxy) is 1. The molecular weight excluding hydrogens is 390 g/mol. The van der Waals surface area contributed by atoms with Crippen LogP contribution >= 0.6 is 0 Å². The molecule has 1 aliphatic rings. The first-order valence-corrected chi connectivity index (χ1v) is 10.1. The highest BCUT2D eigenvalue weighted by atomic mass is 19.2. The number of amides is 2. The molecule has 30 heavy (non-hydrogen) atoms. The SMILES string of the molecule is CC(C)NC(=O)c1ccc(OCC2CCCN(C(=O)c3ccc(F)c(F)c3)C2)cc1. The molecule has 160 valence electrons. The molecule has 0 radical (unpaired) electrons. The Bertz CT molecular complexity index is 900. The van der Waals surface area contributed by atoms with Crippen LogP contribution in [0.3, 0.4) is 0 Å². The van der Waals surface area contributed by atoms with Crippen LogP contribution in [0.5, 0.6) is 5.75 Å². The first-order chi connectivity index (χ1) is 14.3. The number of likely N-dealkylation sites (tertiary alicyclic amines) is 1. The summed E-state index contributed by atoms with van der Waals surface area (Å²) in [5.74, 6) is -1.64. The molecule has 2 amide bonds. The minimum atomic E-state index is -1.02. The van der Waals surface area contributed by atoms with Crippen LogP contribution in [0, 0.1) is 17.6 Å². The van der Waals surface area contributed by atoms with Crippen molar-refractivity contribution < 1.29 is 23.1 Å². The Morgan fingerprint density at radius 2 is 1.80 bits per heavy atom. The summed E-state index contributed by atoms with van der Waals surface area (Å²) in [4.78, 5) is 26.3. The molecule has 1 atom stereocenters. The van der Waals surface area contributed by atoms with Gasteiger partial charge in [-0.25, -0.2) is 8.78 Å². The Morgan fingerprint density at radius 1 is 1.10 bits per heavy atom. The van der Waals surface area contributed by atoms with Crippen LogP contribution < -0.4 is 10.1 Å². The van der Waals surface area contributed by atoms with E-state index in [-0.39, 0.29) is 29.3 Å². The molecule has 3 rings (SSSR count). The molecule has 5 nitrogen and oxygen atoms in total. The Kier molecular flexibility index (Phi) is 7.03. The Labute approximate surface area is 175 Å². The quantitative estimate of drug-likeness (QED) is 0.773. The van der Waals surface area contributed by atoms with Crippen LogP contribution in [-0.2, 0) is 0 Å². The normalized spacial score (nSPS) is 16.4. The van der Waals surface area contributed by atoms with Gasteiger partial charge in [0, 0.05) is 36.2 Å². The number of nitrogens with one attached hydrogen (secondary N) is 1. The summed E-state index contributed by atoms with van der Waals surface area (Å²) in [6, 6.07) is 10.2. The molecule has 1 fully saturated rings. The molecule has 1 saturated heterocycles. The molecule has 1 unspecified atom stereocenters. The zero-order valence-electron chi connectivity index (χ0n) is 17.2. The van der Waals surface area contributed by atoms with E-state index in [0.29, 0.717) is 31.0 Å². The summed E-state index contributed by atoms with van der Waals surface area (Å²) in [6.45, 7) is 5.31. The van der Waals surface area contributed by atoms with Gasteiger partial charge in [-0.1, -0.05) is 0 Å². The number of hydrogen-bond donors (Lipinski definition) is 1. The van der Waals surface area contributed by atoms with E-state index in [1.807, 2.05) is 13.8 Å². The number of piperidine rings is 1. The van der Waals surface area contributed by atoms with Gasteiger partial charge in [0.1, 0.15) is 5.75 Å². The first-order valence-electron chi connectivity index (χ1n) is 10.1. The fraction of sp³-hybridized carbons (Fsp3) is 0.391. The van der Waals surface area contributed by atoms with Crippen molar-refractivity contribution in [2.45, 2.75) is 32.7 Å². The van der Waals surface area contributed by atoms with E-state index >= 15 is 0 Å². The van der Waals surface area contributed by atoms with Crippen LogP contribution in [0.1, 0.15) is 47.4 Å². The summed E-state index contributed by atoms with van der Waals surface area (Å²) in [6.07, 6.45) is 1.73. The summed E-state index contributed by atoms with van der Waals surface area (Å²) in [5.41, 5.74) is 0.711. The van der Waals surface area contributed by atoms with E-state index in [1.54, 1.807) is 29.2 Å². The second kappa shape index (κ2) is 9.69. The van der Waals surface area contributed by atoms with E-state index in [4.69, 9.17) is 4.74 Å². The van der Waals surface area contributed by atoms with Crippen molar-refractivity contribution in [1.82, 2.24) is 10.2 Å². The average molecular weight is 416 g/mol. The van der Waals surface area contributed by atoms with Crippen LogP contribution in [0.15, 0.2) is 42.5 Å². The molecular formula is C23H26F2N2O3. The maximum atomic E-state index is 13.4. The lowest BCUT2D eigenvalue weighted by molar-refractivity contribution is 0.0632. The van der Waals surface area contributed by atoms with Crippen molar-refractivity contribution in [2.75, 3.05) is 19.7 Å². The Balaban J connectivity index is 1.54.